The lowest BCUT2D eigenvalue weighted by molar-refractivity contribution is 0.669. The van der Waals surface area contributed by atoms with Gasteiger partial charge in [-0.25, -0.2) is 0 Å². The molecule has 0 bridgehead atoms. The van der Waals surface area contributed by atoms with Crippen LogP contribution in [0, 0.1) is 0 Å². The highest BCUT2D eigenvalue weighted by molar-refractivity contribution is 6.25. The van der Waals surface area contributed by atoms with E-state index in [1.165, 1.54) is 0 Å². The van der Waals surface area contributed by atoms with Crippen molar-refractivity contribution < 1.29 is 23.6 Å². The Morgan fingerprint density at radius 1 is 0.333 bits per heavy atom. The molecule has 1 heteroatoms. The van der Waals surface area contributed by atoms with Gasteiger partial charge in [0, 0.05) is 10.8 Å². The number of benzene rings is 9. The lowest BCUT2D eigenvalue weighted by atomic mass is 9.84. The van der Waals surface area contributed by atoms with E-state index in [-0.39, 0.29) is 79.5 Å². The van der Waals surface area contributed by atoms with Crippen molar-refractivity contribution in [3.05, 3.63) is 194 Å². The van der Waals surface area contributed by atoms with Gasteiger partial charge in [-0.05, 0) is 95.3 Å². The van der Waals surface area contributed by atoms with Crippen molar-refractivity contribution in [3.8, 4) is 55.6 Å². The second kappa shape index (κ2) is 12.0. The first-order chi connectivity index (χ1) is 31.2. The molecule has 1 aromatic heterocycles. The van der Waals surface area contributed by atoms with E-state index in [9.17, 15) is 8.22 Å². The molecule has 0 aliphatic heterocycles. The highest BCUT2D eigenvalue weighted by atomic mass is 16.3. The second-order valence-electron chi connectivity index (χ2n) is 12.1. The van der Waals surface area contributed by atoms with Gasteiger partial charge in [-0.15, -0.1) is 0 Å². The van der Waals surface area contributed by atoms with E-state index < -0.39 is 60.4 Å². The van der Waals surface area contributed by atoms with Crippen molar-refractivity contribution in [2.75, 3.05) is 0 Å². The molecule has 0 saturated carbocycles. The van der Waals surface area contributed by atoms with E-state index in [4.69, 9.17) is 15.4 Å². The highest BCUT2D eigenvalue weighted by Gasteiger charge is 2.20. The van der Waals surface area contributed by atoms with Gasteiger partial charge in [-0.2, -0.15) is 0 Å². The Morgan fingerprint density at radius 2 is 0.784 bits per heavy atom. The predicted molar refractivity (Wildman–Crippen MR) is 216 cm³/mol. The Balaban J connectivity index is 1.30. The summed E-state index contributed by atoms with van der Waals surface area (Å²) >= 11 is 0. The van der Waals surface area contributed by atoms with E-state index in [1.807, 2.05) is 0 Å². The Morgan fingerprint density at radius 3 is 1.35 bits per heavy atom. The van der Waals surface area contributed by atoms with Gasteiger partial charge in [-0.1, -0.05) is 176 Å². The minimum Gasteiger partial charge on any atom is -0.456 e. The summed E-state index contributed by atoms with van der Waals surface area (Å²) in [6.45, 7) is 0. The zero-order valence-corrected chi connectivity index (χ0v) is 26.8. The summed E-state index contributed by atoms with van der Waals surface area (Å²) in [7, 11) is 0. The normalized spacial score (nSPS) is 15.4. The van der Waals surface area contributed by atoms with E-state index in [1.54, 1.807) is 109 Å². The third-order valence-corrected chi connectivity index (χ3v) is 9.13. The third kappa shape index (κ3) is 4.94. The van der Waals surface area contributed by atoms with Gasteiger partial charge in [0.1, 0.15) is 11.2 Å². The van der Waals surface area contributed by atoms with Crippen molar-refractivity contribution in [1.82, 2.24) is 0 Å². The van der Waals surface area contributed by atoms with Crippen LogP contribution in [0.25, 0.3) is 99.1 Å². The second-order valence-corrected chi connectivity index (χ2v) is 12.1. The van der Waals surface area contributed by atoms with Crippen molar-refractivity contribution in [1.29, 1.82) is 0 Å². The Kier molecular flexibility index (Phi) is 4.32. The number of hydrogen-bond donors (Lipinski definition) is 0. The molecule has 238 valence electrons. The smallest absolute Gasteiger partial charge is 0.136 e. The fraction of sp³-hybridized carbons (Fsp3) is 0. The first kappa shape index (κ1) is 18.3. The molecule has 10 aromatic rings. The minimum atomic E-state index is -0.575. The molecule has 0 spiro atoms. The maximum atomic E-state index is 9.55. The largest absolute Gasteiger partial charge is 0.456 e. The van der Waals surface area contributed by atoms with Gasteiger partial charge in [0.2, 0.25) is 0 Å². The summed E-state index contributed by atoms with van der Waals surface area (Å²) in [5, 5.41) is 2.00. The van der Waals surface area contributed by atoms with Crippen LogP contribution in [-0.4, -0.2) is 0 Å². The molecule has 1 nitrogen and oxygen atoms in total. The van der Waals surface area contributed by atoms with Crippen LogP contribution in [0.5, 0.6) is 0 Å². The first-order valence-electron chi connectivity index (χ1n) is 23.4. The molecule has 0 aliphatic rings. The van der Waals surface area contributed by atoms with Crippen molar-refractivity contribution in [2.45, 2.75) is 0 Å². The van der Waals surface area contributed by atoms with Crippen LogP contribution in [0.2, 0.25) is 0 Å². The summed E-state index contributed by atoms with van der Waals surface area (Å²) in [5.41, 5.74) is 0.832. The Labute approximate surface area is 316 Å². The van der Waals surface area contributed by atoms with Crippen molar-refractivity contribution >= 4 is 43.5 Å². The van der Waals surface area contributed by atoms with Crippen LogP contribution in [0.3, 0.4) is 0 Å². The molecule has 0 saturated heterocycles. The zero-order chi connectivity index (χ0) is 45.9. The lowest BCUT2D eigenvalue weighted by Gasteiger charge is -2.18. The SMILES string of the molecule is [2H]c1c([2H])c(-c2c([2H])c([2H])c(-c3c4ccccc4c(-c4c([2H])c([2H])c([2H])c5oc6c([2H])c([2H])c(-c7ccccc7)c([2H])c6c45)c4ccccc34)c([2H])c2[2H])c([2H])c([2H])c1-c1ccccc1. The number of fused-ring (bicyclic) bond motifs is 5. The molecule has 0 aliphatic carbocycles. The zero-order valence-electron chi connectivity index (χ0n) is 40.8. The summed E-state index contributed by atoms with van der Waals surface area (Å²) in [6.07, 6.45) is 0. The molecule has 0 atom stereocenters. The predicted octanol–water partition coefficient (Wildman–Crippen LogP) is 14.2. The molecular formula is C50H32O. The molecule has 0 fully saturated rings. The average molecular weight is 663 g/mol. The van der Waals surface area contributed by atoms with Gasteiger partial charge in [0.25, 0.3) is 0 Å². The van der Waals surface area contributed by atoms with Gasteiger partial charge in [-0.3, -0.25) is 0 Å². The topological polar surface area (TPSA) is 13.1 Å². The monoisotopic (exact) mass is 662 g/mol. The summed E-state index contributed by atoms with van der Waals surface area (Å²) in [6, 6.07) is 25.2. The molecule has 9 aromatic carbocycles. The molecule has 0 amide bonds. The Hall–Kier alpha value is -6.70. The standard InChI is InChI=1S/C50H32O/c1-3-12-33(13-4-1)35-22-24-36(25-23-35)37-26-28-38(29-27-37)48-40-16-7-9-18-42(40)49(43-19-10-8-17-41(43)48)44-20-11-21-47-50(44)45-32-39(30-31-46(45)51-47)34-14-5-2-6-15-34/h1-32H/i11D,20D,21D,22D,23D,24D,25D,26D,27D,28D,29D,30D,31D,32D. The maximum absolute atomic E-state index is 9.55. The van der Waals surface area contributed by atoms with Gasteiger partial charge in [0.15, 0.2) is 0 Å². The van der Waals surface area contributed by atoms with Gasteiger partial charge < -0.3 is 4.42 Å². The number of hydrogen-bond acceptors (Lipinski definition) is 1. The van der Waals surface area contributed by atoms with E-state index in [2.05, 4.69) is 0 Å². The van der Waals surface area contributed by atoms with E-state index >= 15 is 0 Å². The average Bonchev–Trinajstić information content (AvgIpc) is 3.72. The molecular weight excluding hydrogens is 617 g/mol. The minimum absolute atomic E-state index is 0.0394. The maximum Gasteiger partial charge on any atom is 0.136 e. The molecule has 0 unspecified atom stereocenters. The van der Waals surface area contributed by atoms with E-state index in [0.29, 0.717) is 43.8 Å². The highest BCUT2D eigenvalue weighted by Crippen LogP contribution is 2.47. The molecule has 0 radical (unpaired) electrons. The summed E-state index contributed by atoms with van der Waals surface area (Å²) in [5.74, 6) is 0. The molecule has 10 rings (SSSR count). The number of furan rings is 1. The lowest BCUT2D eigenvalue weighted by Crippen LogP contribution is -1.91. The number of rotatable bonds is 5. The third-order valence-electron chi connectivity index (χ3n) is 9.13. The summed E-state index contributed by atoms with van der Waals surface area (Å²) in [4.78, 5) is 0. The van der Waals surface area contributed by atoms with Gasteiger partial charge in [0.05, 0.1) is 19.2 Å². The Bertz CT molecular complexity index is 3580. The van der Waals surface area contributed by atoms with Crippen LogP contribution in [0.1, 0.15) is 19.2 Å². The molecule has 0 N–H and O–H groups in total. The van der Waals surface area contributed by atoms with Crippen LogP contribution >= 0.6 is 0 Å². The van der Waals surface area contributed by atoms with Crippen LogP contribution in [-0.2, 0) is 0 Å². The van der Waals surface area contributed by atoms with Crippen LogP contribution in [0.15, 0.2) is 198 Å². The van der Waals surface area contributed by atoms with Crippen LogP contribution in [0.4, 0.5) is 0 Å². The van der Waals surface area contributed by atoms with Crippen molar-refractivity contribution in [2.24, 2.45) is 0 Å². The van der Waals surface area contributed by atoms with Crippen molar-refractivity contribution in [3.63, 3.8) is 0 Å². The quantitative estimate of drug-likeness (QED) is 0.167. The first-order valence-corrected chi connectivity index (χ1v) is 16.4. The molecule has 51 heavy (non-hydrogen) atoms. The van der Waals surface area contributed by atoms with E-state index in [0.717, 1.165) is 0 Å². The fourth-order valence-corrected chi connectivity index (χ4v) is 6.81. The molecule has 1 heterocycles. The summed E-state index contributed by atoms with van der Waals surface area (Å²) < 4.78 is 135. The van der Waals surface area contributed by atoms with Crippen LogP contribution < -0.4 is 0 Å². The van der Waals surface area contributed by atoms with Gasteiger partial charge >= 0.3 is 0 Å². The fourth-order valence-electron chi connectivity index (χ4n) is 6.81.